The fourth-order valence-corrected chi connectivity index (χ4v) is 3.94. The first-order valence-corrected chi connectivity index (χ1v) is 8.31. The van der Waals surface area contributed by atoms with Crippen LogP contribution in [0.1, 0.15) is 60.3 Å². The number of ether oxygens (including phenoxy) is 1. The Labute approximate surface area is 129 Å². The van der Waals surface area contributed by atoms with Crippen LogP contribution < -0.4 is 5.32 Å². The van der Waals surface area contributed by atoms with Gasteiger partial charge in [-0.25, -0.2) is 0 Å². The highest BCUT2D eigenvalue weighted by molar-refractivity contribution is 5.87. The van der Waals surface area contributed by atoms with Gasteiger partial charge in [0, 0.05) is 6.54 Å². The SMILES string of the molecule is CCNC(=O)C1(CC(=O)OCC)CC(C)CCC1C(C)C. The third-order valence-electron chi connectivity index (χ3n) is 4.75. The van der Waals surface area contributed by atoms with Gasteiger partial charge in [-0.05, 0) is 44.4 Å². The van der Waals surface area contributed by atoms with E-state index in [0.717, 1.165) is 19.3 Å². The molecule has 1 saturated carbocycles. The van der Waals surface area contributed by atoms with E-state index in [0.29, 0.717) is 25.0 Å². The molecule has 0 aliphatic heterocycles. The van der Waals surface area contributed by atoms with Crippen LogP contribution in [-0.2, 0) is 14.3 Å². The molecule has 1 rings (SSSR count). The zero-order valence-corrected chi connectivity index (χ0v) is 14.2. The van der Waals surface area contributed by atoms with Gasteiger partial charge in [0.2, 0.25) is 5.91 Å². The quantitative estimate of drug-likeness (QED) is 0.766. The molecular weight excluding hydrogens is 266 g/mol. The Balaban J connectivity index is 3.11. The van der Waals surface area contributed by atoms with E-state index in [1.807, 2.05) is 6.92 Å². The van der Waals surface area contributed by atoms with Crippen LogP contribution in [0.4, 0.5) is 0 Å². The van der Waals surface area contributed by atoms with E-state index in [1.54, 1.807) is 6.92 Å². The van der Waals surface area contributed by atoms with Crippen LogP contribution in [0.25, 0.3) is 0 Å². The molecule has 0 aromatic heterocycles. The number of rotatable bonds is 6. The molecule has 0 radical (unpaired) electrons. The van der Waals surface area contributed by atoms with E-state index in [2.05, 4.69) is 26.1 Å². The van der Waals surface area contributed by atoms with Crippen molar-refractivity contribution in [2.45, 2.75) is 60.3 Å². The van der Waals surface area contributed by atoms with E-state index in [4.69, 9.17) is 4.74 Å². The zero-order valence-electron chi connectivity index (χ0n) is 14.2. The summed E-state index contributed by atoms with van der Waals surface area (Å²) >= 11 is 0. The van der Waals surface area contributed by atoms with Crippen molar-refractivity contribution in [2.24, 2.45) is 23.2 Å². The van der Waals surface area contributed by atoms with Crippen molar-refractivity contribution in [3.05, 3.63) is 0 Å². The Hall–Kier alpha value is -1.06. The van der Waals surface area contributed by atoms with Crippen molar-refractivity contribution >= 4 is 11.9 Å². The van der Waals surface area contributed by atoms with Crippen molar-refractivity contribution in [2.75, 3.05) is 13.2 Å². The molecule has 3 atom stereocenters. The van der Waals surface area contributed by atoms with Gasteiger partial charge in [-0.2, -0.15) is 0 Å². The van der Waals surface area contributed by atoms with Crippen molar-refractivity contribution < 1.29 is 14.3 Å². The van der Waals surface area contributed by atoms with Crippen LogP contribution in [0.3, 0.4) is 0 Å². The zero-order chi connectivity index (χ0) is 16.0. The van der Waals surface area contributed by atoms with Gasteiger partial charge >= 0.3 is 5.97 Å². The van der Waals surface area contributed by atoms with Crippen LogP contribution in [0.2, 0.25) is 0 Å². The van der Waals surface area contributed by atoms with Crippen molar-refractivity contribution in [3.63, 3.8) is 0 Å². The summed E-state index contributed by atoms with van der Waals surface area (Å²) in [5.41, 5.74) is -0.603. The molecule has 1 fully saturated rings. The van der Waals surface area contributed by atoms with E-state index in [9.17, 15) is 9.59 Å². The molecule has 0 heterocycles. The smallest absolute Gasteiger partial charge is 0.306 e. The fraction of sp³-hybridized carbons (Fsp3) is 0.882. The Morgan fingerprint density at radius 3 is 2.48 bits per heavy atom. The lowest BCUT2D eigenvalue weighted by Crippen LogP contribution is -2.51. The minimum atomic E-state index is -0.603. The van der Waals surface area contributed by atoms with E-state index >= 15 is 0 Å². The Morgan fingerprint density at radius 2 is 1.95 bits per heavy atom. The van der Waals surface area contributed by atoms with Gasteiger partial charge in [-0.15, -0.1) is 0 Å². The van der Waals surface area contributed by atoms with E-state index in [-0.39, 0.29) is 24.2 Å². The van der Waals surface area contributed by atoms with E-state index in [1.165, 1.54) is 0 Å². The van der Waals surface area contributed by atoms with Gasteiger partial charge < -0.3 is 10.1 Å². The summed E-state index contributed by atoms with van der Waals surface area (Å²) in [5, 5.41) is 2.96. The third-order valence-corrected chi connectivity index (χ3v) is 4.75. The van der Waals surface area contributed by atoms with Crippen LogP contribution >= 0.6 is 0 Å². The van der Waals surface area contributed by atoms with Gasteiger partial charge in [0.25, 0.3) is 0 Å². The largest absolute Gasteiger partial charge is 0.466 e. The second-order valence-corrected chi connectivity index (χ2v) is 6.73. The predicted octanol–water partition coefficient (Wildman–Crippen LogP) is 3.15. The molecule has 1 amide bonds. The standard InChI is InChI=1S/C17H31NO3/c1-6-18-16(20)17(11-15(19)21-7-2)10-13(5)8-9-14(17)12(3)4/h12-14H,6-11H2,1-5H3,(H,18,20). The topological polar surface area (TPSA) is 55.4 Å². The summed E-state index contributed by atoms with van der Waals surface area (Å²) in [7, 11) is 0. The highest BCUT2D eigenvalue weighted by Gasteiger charge is 2.51. The molecule has 1 aliphatic carbocycles. The van der Waals surface area contributed by atoms with Crippen LogP contribution in [0.15, 0.2) is 0 Å². The summed E-state index contributed by atoms with van der Waals surface area (Å²) in [6.07, 6.45) is 3.13. The molecule has 0 aromatic carbocycles. The van der Waals surface area contributed by atoms with E-state index < -0.39 is 5.41 Å². The van der Waals surface area contributed by atoms with Gasteiger partial charge in [0.1, 0.15) is 0 Å². The number of esters is 1. The lowest BCUT2D eigenvalue weighted by Gasteiger charge is -2.46. The van der Waals surface area contributed by atoms with Gasteiger partial charge in [0.15, 0.2) is 0 Å². The third kappa shape index (κ3) is 4.21. The van der Waals surface area contributed by atoms with Crippen molar-refractivity contribution in [1.29, 1.82) is 0 Å². The first-order valence-electron chi connectivity index (χ1n) is 8.31. The lowest BCUT2D eigenvalue weighted by molar-refractivity contribution is -0.156. The summed E-state index contributed by atoms with van der Waals surface area (Å²) < 4.78 is 5.14. The first kappa shape index (κ1) is 18.0. The monoisotopic (exact) mass is 297 g/mol. The highest BCUT2D eigenvalue weighted by Crippen LogP contribution is 2.49. The second kappa shape index (κ2) is 7.81. The number of carbonyl (C=O) groups is 2. The molecule has 21 heavy (non-hydrogen) atoms. The number of amides is 1. The minimum Gasteiger partial charge on any atom is -0.466 e. The molecule has 3 unspecified atom stereocenters. The van der Waals surface area contributed by atoms with Crippen LogP contribution in [0.5, 0.6) is 0 Å². The maximum absolute atomic E-state index is 12.8. The predicted molar refractivity (Wildman–Crippen MR) is 83.7 cm³/mol. The molecular formula is C17H31NO3. The number of carbonyl (C=O) groups excluding carboxylic acids is 2. The highest BCUT2D eigenvalue weighted by atomic mass is 16.5. The van der Waals surface area contributed by atoms with Crippen molar-refractivity contribution in [1.82, 2.24) is 5.32 Å². The van der Waals surface area contributed by atoms with Crippen LogP contribution in [-0.4, -0.2) is 25.0 Å². The van der Waals surface area contributed by atoms with Gasteiger partial charge in [0.05, 0.1) is 18.4 Å². The van der Waals surface area contributed by atoms with Gasteiger partial charge in [-0.3, -0.25) is 9.59 Å². The molecule has 1 aliphatic rings. The Kier molecular flexibility index (Phi) is 6.69. The molecule has 0 saturated heterocycles. The molecule has 0 aromatic rings. The first-order chi connectivity index (χ1) is 9.87. The Morgan fingerprint density at radius 1 is 1.29 bits per heavy atom. The normalized spacial score (nSPS) is 29.2. The maximum atomic E-state index is 12.8. The van der Waals surface area contributed by atoms with Gasteiger partial charge in [-0.1, -0.05) is 27.2 Å². The number of nitrogens with one attached hydrogen (secondary N) is 1. The molecule has 122 valence electrons. The molecule has 0 bridgehead atoms. The average molecular weight is 297 g/mol. The number of hydrogen-bond donors (Lipinski definition) is 1. The maximum Gasteiger partial charge on any atom is 0.306 e. The fourth-order valence-electron chi connectivity index (χ4n) is 3.94. The average Bonchev–Trinajstić information content (AvgIpc) is 2.38. The summed E-state index contributed by atoms with van der Waals surface area (Å²) in [6.45, 7) is 11.2. The summed E-state index contributed by atoms with van der Waals surface area (Å²) in [4.78, 5) is 24.9. The van der Waals surface area contributed by atoms with Crippen LogP contribution in [0, 0.1) is 23.2 Å². The number of hydrogen-bond acceptors (Lipinski definition) is 3. The second-order valence-electron chi connectivity index (χ2n) is 6.73. The lowest BCUT2D eigenvalue weighted by atomic mass is 9.58. The molecule has 1 N–H and O–H groups in total. The Bertz CT molecular complexity index is 367. The minimum absolute atomic E-state index is 0.0308. The summed E-state index contributed by atoms with van der Waals surface area (Å²) in [5.74, 6) is 0.878. The molecule has 4 nitrogen and oxygen atoms in total. The summed E-state index contributed by atoms with van der Waals surface area (Å²) in [6, 6.07) is 0. The van der Waals surface area contributed by atoms with Crippen molar-refractivity contribution in [3.8, 4) is 0 Å². The molecule has 4 heteroatoms. The molecule has 0 spiro atoms.